The van der Waals surface area contributed by atoms with Gasteiger partial charge in [-0.15, -0.1) is 0 Å². The second-order valence-electron chi connectivity index (χ2n) is 6.38. The number of nitrogens with zero attached hydrogens (tertiary/aromatic N) is 2. The summed E-state index contributed by atoms with van der Waals surface area (Å²) in [7, 11) is 0. The summed E-state index contributed by atoms with van der Waals surface area (Å²) in [4.78, 5) is 9.26. The molecule has 2 unspecified atom stereocenters. The number of anilines is 2. The smallest absolute Gasteiger partial charge is 0.135 e. The summed E-state index contributed by atoms with van der Waals surface area (Å²) < 4.78 is 5.69. The molecule has 0 bridgehead atoms. The van der Waals surface area contributed by atoms with Crippen molar-refractivity contribution in [3.05, 3.63) is 11.9 Å². The van der Waals surface area contributed by atoms with Gasteiger partial charge in [-0.25, -0.2) is 9.97 Å². The van der Waals surface area contributed by atoms with Crippen molar-refractivity contribution in [3.63, 3.8) is 0 Å². The number of hydrogen-bond acceptors (Lipinski definition) is 5. The minimum Gasteiger partial charge on any atom is -0.376 e. The van der Waals surface area contributed by atoms with Crippen molar-refractivity contribution in [1.29, 1.82) is 0 Å². The quantitative estimate of drug-likeness (QED) is 0.841. The van der Waals surface area contributed by atoms with Crippen molar-refractivity contribution >= 4 is 11.6 Å². The molecular formula is C16H28N4O. The average molecular weight is 292 g/mol. The molecule has 2 atom stereocenters. The molecule has 1 aliphatic heterocycles. The van der Waals surface area contributed by atoms with Crippen molar-refractivity contribution in [2.75, 3.05) is 23.8 Å². The lowest BCUT2D eigenvalue weighted by molar-refractivity contribution is 0.105. The van der Waals surface area contributed by atoms with Crippen LogP contribution in [-0.4, -0.2) is 34.8 Å². The lowest BCUT2D eigenvalue weighted by Gasteiger charge is -2.30. The Morgan fingerprint density at radius 2 is 2.10 bits per heavy atom. The van der Waals surface area contributed by atoms with Crippen LogP contribution in [0, 0.1) is 0 Å². The van der Waals surface area contributed by atoms with E-state index in [1.54, 1.807) is 0 Å². The maximum atomic E-state index is 5.69. The summed E-state index contributed by atoms with van der Waals surface area (Å²) in [5, 5.41) is 6.92. The number of hydrogen-bond donors (Lipinski definition) is 2. The van der Waals surface area contributed by atoms with Gasteiger partial charge in [0.25, 0.3) is 0 Å². The second-order valence-corrected chi connectivity index (χ2v) is 6.38. The zero-order valence-electron chi connectivity index (χ0n) is 13.9. The maximum Gasteiger partial charge on any atom is 0.135 e. The first-order valence-electron chi connectivity index (χ1n) is 7.97. The van der Waals surface area contributed by atoms with Gasteiger partial charge in [0.2, 0.25) is 0 Å². The molecule has 0 radical (unpaired) electrons. The van der Waals surface area contributed by atoms with Gasteiger partial charge in [0.1, 0.15) is 17.5 Å². The zero-order valence-corrected chi connectivity index (χ0v) is 13.9. The molecule has 1 fully saturated rings. The van der Waals surface area contributed by atoms with Gasteiger partial charge < -0.3 is 15.4 Å². The standard InChI is InChI=1S/C16H28N4O/c1-6-8-17-13-10-14(19-15(18-13)11(2)3)20-16(5)7-9-21-12(16)4/h10-12H,6-9H2,1-5H3,(H2,17,18,19,20). The van der Waals surface area contributed by atoms with E-state index in [1.807, 2.05) is 6.07 Å². The van der Waals surface area contributed by atoms with Gasteiger partial charge in [0.15, 0.2) is 0 Å². The first-order chi connectivity index (χ1) is 9.94. The Balaban J connectivity index is 2.23. The molecule has 1 aromatic heterocycles. The molecule has 0 saturated carbocycles. The summed E-state index contributed by atoms with van der Waals surface area (Å²) in [6.45, 7) is 12.4. The van der Waals surface area contributed by atoms with Crippen LogP contribution in [0.15, 0.2) is 6.07 Å². The monoisotopic (exact) mass is 292 g/mol. The molecule has 5 heteroatoms. The summed E-state index contributed by atoms with van der Waals surface area (Å²) in [5.74, 6) is 2.95. The van der Waals surface area contributed by atoms with E-state index in [1.165, 1.54) is 0 Å². The normalized spacial score (nSPS) is 25.3. The average Bonchev–Trinajstić information content (AvgIpc) is 2.75. The molecule has 0 spiro atoms. The molecule has 1 saturated heterocycles. The molecule has 5 nitrogen and oxygen atoms in total. The lowest BCUT2D eigenvalue weighted by atomic mass is 9.95. The first kappa shape index (κ1) is 16.0. The minimum absolute atomic E-state index is 0.0649. The SMILES string of the molecule is CCCNc1cc(NC2(C)CCOC2C)nc(C(C)C)n1. The third-order valence-corrected chi connectivity index (χ3v) is 4.12. The van der Waals surface area contributed by atoms with Crippen LogP contribution in [-0.2, 0) is 4.74 Å². The van der Waals surface area contributed by atoms with Crippen LogP contribution in [0.5, 0.6) is 0 Å². The van der Waals surface area contributed by atoms with Gasteiger partial charge in [-0.1, -0.05) is 20.8 Å². The van der Waals surface area contributed by atoms with Crippen molar-refractivity contribution < 1.29 is 4.74 Å². The van der Waals surface area contributed by atoms with E-state index in [9.17, 15) is 0 Å². The molecule has 2 rings (SSSR count). The first-order valence-corrected chi connectivity index (χ1v) is 7.97. The van der Waals surface area contributed by atoms with E-state index in [2.05, 4.69) is 55.2 Å². The Kier molecular flexibility index (Phi) is 5.04. The third kappa shape index (κ3) is 3.84. The Hall–Kier alpha value is -1.36. The van der Waals surface area contributed by atoms with E-state index in [0.29, 0.717) is 5.92 Å². The highest BCUT2D eigenvalue weighted by molar-refractivity contribution is 5.49. The number of ether oxygens (including phenoxy) is 1. The Bertz CT molecular complexity index is 477. The number of rotatable bonds is 6. The molecule has 0 aliphatic carbocycles. The van der Waals surface area contributed by atoms with Crippen LogP contribution in [0.1, 0.15) is 59.2 Å². The summed E-state index contributed by atoms with van der Waals surface area (Å²) >= 11 is 0. The van der Waals surface area contributed by atoms with Gasteiger partial charge in [0, 0.05) is 25.1 Å². The Morgan fingerprint density at radius 3 is 2.67 bits per heavy atom. The van der Waals surface area contributed by atoms with Crippen LogP contribution in [0.25, 0.3) is 0 Å². The third-order valence-electron chi connectivity index (χ3n) is 4.12. The van der Waals surface area contributed by atoms with E-state index in [-0.39, 0.29) is 11.6 Å². The van der Waals surface area contributed by atoms with E-state index < -0.39 is 0 Å². The molecule has 1 aliphatic rings. The van der Waals surface area contributed by atoms with Gasteiger partial charge in [-0.2, -0.15) is 0 Å². The van der Waals surface area contributed by atoms with Crippen LogP contribution >= 0.6 is 0 Å². The summed E-state index contributed by atoms with van der Waals surface area (Å²) in [6.07, 6.45) is 2.25. The van der Waals surface area contributed by atoms with E-state index >= 15 is 0 Å². The molecule has 0 amide bonds. The van der Waals surface area contributed by atoms with E-state index in [0.717, 1.165) is 43.5 Å². The lowest BCUT2D eigenvalue weighted by Crippen LogP contribution is -2.41. The highest BCUT2D eigenvalue weighted by Crippen LogP contribution is 2.30. The van der Waals surface area contributed by atoms with Crippen LogP contribution in [0.3, 0.4) is 0 Å². The van der Waals surface area contributed by atoms with E-state index in [4.69, 9.17) is 4.74 Å². The highest BCUT2D eigenvalue weighted by atomic mass is 16.5. The van der Waals surface area contributed by atoms with Gasteiger partial charge >= 0.3 is 0 Å². The minimum atomic E-state index is -0.0649. The fraction of sp³-hybridized carbons (Fsp3) is 0.750. The highest BCUT2D eigenvalue weighted by Gasteiger charge is 2.37. The molecular weight excluding hydrogens is 264 g/mol. The maximum absolute atomic E-state index is 5.69. The molecule has 0 aromatic carbocycles. The number of nitrogens with one attached hydrogen (secondary N) is 2. The van der Waals surface area contributed by atoms with Crippen LogP contribution in [0.2, 0.25) is 0 Å². The Labute approximate surface area is 127 Å². The van der Waals surface area contributed by atoms with Crippen molar-refractivity contribution in [1.82, 2.24) is 9.97 Å². The van der Waals surface area contributed by atoms with Gasteiger partial charge in [-0.05, 0) is 26.7 Å². The zero-order chi connectivity index (χ0) is 15.5. The van der Waals surface area contributed by atoms with Crippen molar-refractivity contribution in [2.24, 2.45) is 0 Å². The molecule has 1 aromatic rings. The predicted molar refractivity (Wildman–Crippen MR) is 87.0 cm³/mol. The van der Waals surface area contributed by atoms with Crippen molar-refractivity contribution in [3.8, 4) is 0 Å². The van der Waals surface area contributed by atoms with Crippen molar-refractivity contribution in [2.45, 2.75) is 65.0 Å². The summed E-state index contributed by atoms with van der Waals surface area (Å²) in [5.41, 5.74) is -0.0649. The fourth-order valence-corrected chi connectivity index (χ4v) is 2.42. The number of aromatic nitrogens is 2. The topological polar surface area (TPSA) is 59.1 Å². The van der Waals surface area contributed by atoms with Crippen LogP contribution in [0.4, 0.5) is 11.6 Å². The predicted octanol–water partition coefficient (Wildman–Crippen LogP) is 3.40. The molecule has 2 N–H and O–H groups in total. The molecule has 2 heterocycles. The van der Waals surface area contributed by atoms with Crippen LogP contribution < -0.4 is 10.6 Å². The largest absolute Gasteiger partial charge is 0.376 e. The molecule has 21 heavy (non-hydrogen) atoms. The van der Waals surface area contributed by atoms with Gasteiger partial charge in [-0.3, -0.25) is 0 Å². The van der Waals surface area contributed by atoms with Gasteiger partial charge in [0.05, 0.1) is 11.6 Å². The summed E-state index contributed by atoms with van der Waals surface area (Å²) in [6, 6.07) is 2.00. The fourth-order valence-electron chi connectivity index (χ4n) is 2.42. The Morgan fingerprint density at radius 1 is 1.38 bits per heavy atom. The second kappa shape index (κ2) is 6.60. The molecule has 118 valence electrons.